The normalized spacial score (nSPS) is 19.8. The number of anilines is 2. The van der Waals surface area contributed by atoms with Gasteiger partial charge in [-0.3, -0.25) is 9.59 Å². The lowest BCUT2D eigenvalue weighted by atomic mass is 9.92. The van der Waals surface area contributed by atoms with Crippen molar-refractivity contribution in [1.82, 2.24) is 4.31 Å². The van der Waals surface area contributed by atoms with Gasteiger partial charge in [-0.15, -0.1) is 0 Å². The van der Waals surface area contributed by atoms with Gasteiger partial charge in [-0.25, -0.2) is 8.42 Å². The fourth-order valence-electron chi connectivity index (χ4n) is 5.29. The Morgan fingerprint density at radius 3 is 2.38 bits per heavy atom. The monoisotopic (exact) mass is 481 g/mol. The first-order valence-corrected chi connectivity index (χ1v) is 13.7. The molecule has 1 aliphatic carbocycles. The van der Waals surface area contributed by atoms with Crippen molar-refractivity contribution in [2.24, 2.45) is 5.92 Å². The number of carbonyl (C=O) groups is 2. The van der Waals surface area contributed by atoms with Gasteiger partial charge in [-0.05, 0) is 86.4 Å². The number of hydrogen-bond donors (Lipinski definition) is 1. The molecule has 0 saturated carbocycles. The zero-order chi connectivity index (χ0) is 23.7. The van der Waals surface area contributed by atoms with Crippen LogP contribution < -0.4 is 10.2 Å². The zero-order valence-corrected chi connectivity index (χ0v) is 20.1. The summed E-state index contributed by atoms with van der Waals surface area (Å²) in [5.74, 6) is -0.237. The molecule has 5 rings (SSSR count). The van der Waals surface area contributed by atoms with E-state index in [0.717, 1.165) is 43.4 Å². The second-order valence-electron chi connectivity index (χ2n) is 9.50. The third-order valence-corrected chi connectivity index (χ3v) is 9.18. The van der Waals surface area contributed by atoms with Crippen LogP contribution >= 0.6 is 0 Å². The van der Waals surface area contributed by atoms with Crippen LogP contribution in [0.25, 0.3) is 0 Å². The topological polar surface area (TPSA) is 86.8 Å². The summed E-state index contributed by atoms with van der Waals surface area (Å²) in [7, 11) is -3.56. The third kappa shape index (κ3) is 4.61. The molecule has 0 bridgehead atoms. The van der Waals surface area contributed by atoms with Crippen LogP contribution in [0.3, 0.4) is 0 Å². The Bertz CT molecular complexity index is 1200. The Morgan fingerprint density at radius 2 is 1.65 bits per heavy atom. The molecule has 2 saturated heterocycles. The largest absolute Gasteiger partial charge is 0.326 e. The summed E-state index contributed by atoms with van der Waals surface area (Å²) in [6.45, 7) is 1.37. The molecule has 8 heteroatoms. The lowest BCUT2D eigenvalue weighted by Crippen LogP contribution is -2.41. The molecule has 0 atom stereocenters. The van der Waals surface area contributed by atoms with Crippen molar-refractivity contribution in [1.29, 1.82) is 0 Å². The van der Waals surface area contributed by atoms with Crippen LogP contribution in [0.2, 0.25) is 0 Å². The molecule has 180 valence electrons. The molecule has 3 aliphatic rings. The summed E-state index contributed by atoms with van der Waals surface area (Å²) in [4.78, 5) is 27.0. The number of nitrogens with zero attached hydrogens (tertiary/aromatic N) is 2. The summed E-state index contributed by atoms with van der Waals surface area (Å²) >= 11 is 0. The summed E-state index contributed by atoms with van der Waals surface area (Å²) in [5.41, 5.74) is 3.87. The van der Waals surface area contributed by atoms with Crippen LogP contribution in [0.4, 0.5) is 11.4 Å². The molecule has 2 heterocycles. The van der Waals surface area contributed by atoms with Crippen LogP contribution in [0, 0.1) is 5.92 Å². The predicted molar refractivity (Wildman–Crippen MR) is 131 cm³/mol. The van der Waals surface area contributed by atoms with Crippen LogP contribution in [-0.2, 0) is 32.5 Å². The van der Waals surface area contributed by atoms with E-state index in [9.17, 15) is 18.0 Å². The van der Waals surface area contributed by atoms with Gasteiger partial charge < -0.3 is 10.2 Å². The van der Waals surface area contributed by atoms with E-state index in [0.29, 0.717) is 49.5 Å². The highest BCUT2D eigenvalue weighted by molar-refractivity contribution is 7.89. The van der Waals surface area contributed by atoms with E-state index in [1.165, 1.54) is 9.87 Å². The van der Waals surface area contributed by atoms with Crippen LogP contribution in [0.5, 0.6) is 0 Å². The molecule has 2 fully saturated rings. The first-order valence-electron chi connectivity index (χ1n) is 12.2. The van der Waals surface area contributed by atoms with Crippen LogP contribution in [0.1, 0.15) is 49.7 Å². The van der Waals surface area contributed by atoms with Crippen molar-refractivity contribution in [3.05, 3.63) is 53.6 Å². The molecule has 2 aromatic rings. The Labute approximate surface area is 201 Å². The second-order valence-corrected chi connectivity index (χ2v) is 11.4. The number of piperidine rings is 1. The van der Waals surface area contributed by atoms with Gasteiger partial charge in [0.25, 0.3) is 0 Å². The molecule has 0 radical (unpaired) electrons. The van der Waals surface area contributed by atoms with Gasteiger partial charge in [0, 0.05) is 43.3 Å². The molecule has 0 unspecified atom stereocenters. The van der Waals surface area contributed by atoms with E-state index < -0.39 is 10.0 Å². The van der Waals surface area contributed by atoms with Crippen molar-refractivity contribution in [2.75, 3.05) is 29.9 Å². The van der Waals surface area contributed by atoms with Gasteiger partial charge in [-0.2, -0.15) is 4.31 Å². The number of carbonyl (C=O) groups excluding carboxylic acids is 2. The van der Waals surface area contributed by atoms with E-state index in [1.807, 2.05) is 36.4 Å². The molecule has 34 heavy (non-hydrogen) atoms. The minimum atomic E-state index is -3.56. The maximum Gasteiger partial charge on any atom is 0.243 e. The molecule has 2 amide bonds. The molecular weight excluding hydrogens is 450 g/mol. The van der Waals surface area contributed by atoms with Gasteiger partial charge in [0.2, 0.25) is 21.8 Å². The maximum absolute atomic E-state index is 13.2. The van der Waals surface area contributed by atoms with Crippen molar-refractivity contribution in [3.8, 4) is 0 Å². The highest BCUT2D eigenvalue weighted by atomic mass is 32.2. The average Bonchev–Trinajstić information content (AvgIpc) is 3.30. The summed E-state index contributed by atoms with van der Waals surface area (Å²) < 4.78 is 28.0. The van der Waals surface area contributed by atoms with E-state index >= 15 is 0 Å². The molecular formula is C26H31N3O4S. The standard InChI is InChI=1S/C26H31N3O4S/c30-25-9-4-14-29(25)23-8-3-7-22(18-23)27-26(31)20-12-15-28(16-13-20)34(32,33)24-11-10-19-5-1-2-6-21(19)17-24/h3,7-8,10-11,17-18,20H,1-2,4-6,9,12-16H2,(H,27,31). The summed E-state index contributed by atoms with van der Waals surface area (Å²) in [5, 5.41) is 2.96. The van der Waals surface area contributed by atoms with Crippen LogP contribution in [0.15, 0.2) is 47.4 Å². The number of fused-ring (bicyclic) bond motifs is 1. The number of hydrogen-bond acceptors (Lipinski definition) is 4. The Balaban J connectivity index is 1.20. The summed E-state index contributed by atoms with van der Waals surface area (Å²) in [6.07, 6.45) is 6.61. The first-order chi connectivity index (χ1) is 16.4. The second kappa shape index (κ2) is 9.50. The minimum absolute atomic E-state index is 0.101. The number of benzene rings is 2. The lowest BCUT2D eigenvalue weighted by molar-refractivity contribution is -0.121. The number of nitrogens with one attached hydrogen (secondary N) is 1. The van der Waals surface area contributed by atoms with E-state index in [-0.39, 0.29) is 17.7 Å². The quantitative estimate of drug-likeness (QED) is 0.705. The molecule has 7 nitrogen and oxygen atoms in total. The Hall–Kier alpha value is -2.71. The first kappa shape index (κ1) is 23.1. The minimum Gasteiger partial charge on any atom is -0.326 e. The fourth-order valence-corrected chi connectivity index (χ4v) is 6.82. The SMILES string of the molecule is O=C(Nc1cccc(N2CCCC2=O)c1)C1CCN(S(=O)(=O)c2ccc3c(c2)CCCC3)CC1. The maximum atomic E-state index is 13.2. The number of rotatable bonds is 5. The number of amides is 2. The van der Waals surface area contributed by atoms with Crippen molar-refractivity contribution in [2.45, 2.75) is 56.3 Å². The molecule has 1 N–H and O–H groups in total. The lowest BCUT2D eigenvalue weighted by Gasteiger charge is -2.31. The predicted octanol–water partition coefficient (Wildman–Crippen LogP) is 3.73. The highest BCUT2D eigenvalue weighted by Gasteiger charge is 2.32. The van der Waals surface area contributed by atoms with Crippen molar-refractivity contribution >= 4 is 33.2 Å². The van der Waals surface area contributed by atoms with E-state index in [2.05, 4.69) is 5.32 Å². The van der Waals surface area contributed by atoms with Gasteiger partial charge in [0.1, 0.15) is 0 Å². The van der Waals surface area contributed by atoms with Gasteiger partial charge in [0.15, 0.2) is 0 Å². The average molecular weight is 482 g/mol. The molecule has 0 spiro atoms. The smallest absolute Gasteiger partial charge is 0.243 e. The van der Waals surface area contributed by atoms with Gasteiger partial charge in [-0.1, -0.05) is 12.1 Å². The number of sulfonamides is 1. The Morgan fingerprint density at radius 1 is 0.882 bits per heavy atom. The molecule has 0 aromatic heterocycles. The van der Waals surface area contributed by atoms with Gasteiger partial charge in [0.05, 0.1) is 4.90 Å². The van der Waals surface area contributed by atoms with E-state index in [1.54, 1.807) is 11.0 Å². The third-order valence-electron chi connectivity index (χ3n) is 7.28. The zero-order valence-electron chi connectivity index (χ0n) is 19.3. The summed E-state index contributed by atoms with van der Waals surface area (Å²) in [6, 6.07) is 12.9. The van der Waals surface area contributed by atoms with Crippen LogP contribution in [-0.4, -0.2) is 44.2 Å². The molecule has 2 aliphatic heterocycles. The number of aryl methyl sites for hydroxylation is 2. The van der Waals surface area contributed by atoms with Crippen molar-refractivity contribution < 1.29 is 18.0 Å². The highest BCUT2D eigenvalue weighted by Crippen LogP contribution is 2.29. The molecule has 2 aromatic carbocycles. The van der Waals surface area contributed by atoms with Gasteiger partial charge >= 0.3 is 0 Å². The van der Waals surface area contributed by atoms with E-state index in [4.69, 9.17) is 0 Å². The fraction of sp³-hybridized carbons (Fsp3) is 0.462. The Kier molecular flexibility index (Phi) is 6.44. The van der Waals surface area contributed by atoms with Crippen molar-refractivity contribution in [3.63, 3.8) is 0 Å².